The summed E-state index contributed by atoms with van der Waals surface area (Å²) in [6, 6.07) is 6.20. The number of para-hydroxylation sites is 1. The first-order valence-corrected chi connectivity index (χ1v) is 4.73. The maximum Gasteiger partial charge on any atom is 0.426 e. The van der Waals surface area contributed by atoms with Crippen LogP contribution >= 0.6 is 0 Å². The average Bonchev–Trinajstić information content (AvgIpc) is 2.26. The van der Waals surface area contributed by atoms with E-state index >= 15 is 0 Å². The van der Waals surface area contributed by atoms with Gasteiger partial charge in [0.15, 0.2) is 0 Å². The highest BCUT2D eigenvalue weighted by Crippen LogP contribution is 2.39. The Morgan fingerprint density at radius 1 is 1.29 bits per heavy atom. The van der Waals surface area contributed by atoms with E-state index in [-0.39, 0.29) is 5.69 Å². The van der Waals surface area contributed by atoms with E-state index in [9.17, 15) is 18.0 Å². The minimum Gasteiger partial charge on any atom is -0.479 e. The van der Waals surface area contributed by atoms with E-state index in [1.807, 2.05) is 5.32 Å². The lowest BCUT2D eigenvalue weighted by Gasteiger charge is -2.33. The molecule has 90 valence electrons. The third kappa shape index (κ3) is 1.65. The first kappa shape index (κ1) is 11.5. The molecule has 2 rings (SSSR count). The summed E-state index contributed by atoms with van der Waals surface area (Å²) in [4.78, 5) is 10.9. The molecule has 3 nitrogen and oxygen atoms in total. The van der Waals surface area contributed by atoms with Gasteiger partial charge in [0.1, 0.15) is 0 Å². The van der Waals surface area contributed by atoms with Crippen LogP contribution in [0.25, 0.3) is 6.08 Å². The van der Waals surface area contributed by atoms with Crippen molar-refractivity contribution in [2.24, 2.45) is 0 Å². The van der Waals surface area contributed by atoms with Gasteiger partial charge in [-0.15, -0.1) is 0 Å². The normalized spacial score (nSPS) is 22.8. The number of carbonyl (C=O) groups is 1. The molecule has 1 aliphatic rings. The van der Waals surface area contributed by atoms with Crippen LogP contribution in [0.4, 0.5) is 18.9 Å². The van der Waals surface area contributed by atoms with E-state index in [4.69, 9.17) is 5.11 Å². The molecule has 0 aromatic heterocycles. The number of carboxylic acid groups (broad SMARTS) is 1. The Bertz CT molecular complexity index is 496. The van der Waals surface area contributed by atoms with Crippen LogP contribution in [0.2, 0.25) is 0 Å². The Hall–Kier alpha value is -1.98. The maximum atomic E-state index is 12.8. The van der Waals surface area contributed by atoms with Crippen molar-refractivity contribution in [3.63, 3.8) is 0 Å². The maximum absolute atomic E-state index is 12.8. The summed E-state index contributed by atoms with van der Waals surface area (Å²) in [6.45, 7) is 0. The number of anilines is 1. The molecule has 1 unspecified atom stereocenters. The van der Waals surface area contributed by atoms with Crippen molar-refractivity contribution in [3.05, 3.63) is 35.9 Å². The summed E-state index contributed by atoms with van der Waals surface area (Å²) >= 11 is 0. The highest BCUT2D eigenvalue weighted by molar-refractivity contribution is 5.91. The molecule has 0 saturated carbocycles. The van der Waals surface area contributed by atoms with E-state index in [1.54, 1.807) is 12.1 Å². The molecule has 1 aromatic rings. The zero-order valence-electron chi connectivity index (χ0n) is 8.45. The molecule has 0 saturated heterocycles. The van der Waals surface area contributed by atoms with Crippen LogP contribution in [0.15, 0.2) is 30.3 Å². The van der Waals surface area contributed by atoms with Crippen molar-refractivity contribution in [1.82, 2.24) is 0 Å². The van der Waals surface area contributed by atoms with Crippen LogP contribution in [-0.2, 0) is 4.79 Å². The second-order valence-electron chi connectivity index (χ2n) is 3.66. The molecule has 1 aromatic carbocycles. The van der Waals surface area contributed by atoms with Gasteiger partial charge in [0, 0.05) is 5.69 Å². The van der Waals surface area contributed by atoms with Crippen molar-refractivity contribution in [2.45, 2.75) is 11.7 Å². The molecular formula is C11H8F3NO2. The van der Waals surface area contributed by atoms with Crippen LogP contribution in [0.1, 0.15) is 5.56 Å². The van der Waals surface area contributed by atoms with Gasteiger partial charge in [-0.25, -0.2) is 4.79 Å². The molecule has 2 N–H and O–H groups in total. The van der Waals surface area contributed by atoms with E-state index < -0.39 is 17.7 Å². The molecule has 1 aliphatic heterocycles. The summed E-state index contributed by atoms with van der Waals surface area (Å²) in [5.74, 6) is -1.98. The number of carboxylic acids is 1. The lowest BCUT2D eigenvalue weighted by Crippen LogP contribution is -2.57. The van der Waals surface area contributed by atoms with Gasteiger partial charge in [0.25, 0.3) is 5.54 Å². The summed E-state index contributed by atoms with van der Waals surface area (Å²) < 4.78 is 38.5. The summed E-state index contributed by atoms with van der Waals surface area (Å²) in [6.07, 6.45) is -3.13. The Balaban J connectivity index is 2.53. The smallest absolute Gasteiger partial charge is 0.426 e. The van der Waals surface area contributed by atoms with Gasteiger partial charge in [-0.2, -0.15) is 13.2 Å². The van der Waals surface area contributed by atoms with Crippen LogP contribution in [-0.4, -0.2) is 22.8 Å². The molecule has 1 atom stereocenters. The average molecular weight is 243 g/mol. The second kappa shape index (κ2) is 3.51. The SMILES string of the molecule is O=C(O)C1(C(F)(F)F)C=Cc2ccccc2N1. The monoisotopic (exact) mass is 243 g/mol. The molecule has 1 heterocycles. The molecule has 0 amide bonds. The van der Waals surface area contributed by atoms with Gasteiger partial charge in [-0.1, -0.05) is 24.3 Å². The lowest BCUT2D eigenvalue weighted by molar-refractivity contribution is -0.186. The van der Waals surface area contributed by atoms with Crippen molar-refractivity contribution in [2.75, 3.05) is 5.32 Å². The molecule has 0 fully saturated rings. The third-order valence-electron chi connectivity index (χ3n) is 2.59. The van der Waals surface area contributed by atoms with Crippen LogP contribution in [0.5, 0.6) is 0 Å². The minimum absolute atomic E-state index is 0.148. The number of rotatable bonds is 1. The number of halogens is 3. The van der Waals surface area contributed by atoms with E-state index in [1.165, 1.54) is 12.1 Å². The van der Waals surface area contributed by atoms with Crippen LogP contribution < -0.4 is 5.32 Å². The Morgan fingerprint density at radius 2 is 1.94 bits per heavy atom. The van der Waals surface area contributed by atoms with Crippen molar-refractivity contribution >= 4 is 17.7 Å². The van der Waals surface area contributed by atoms with E-state index in [2.05, 4.69) is 0 Å². The summed E-state index contributed by atoms with van der Waals surface area (Å²) in [5.41, 5.74) is -2.38. The highest BCUT2D eigenvalue weighted by Gasteiger charge is 2.60. The van der Waals surface area contributed by atoms with Gasteiger partial charge in [0.05, 0.1) is 0 Å². The predicted molar refractivity (Wildman–Crippen MR) is 55.5 cm³/mol. The minimum atomic E-state index is -4.91. The molecular weight excluding hydrogens is 235 g/mol. The Morgan fingerprint density at radius 3 is 2.53 bits per heavy atom. The fourth-order valence-corrected chi connectivity index (χ4v) is 1.64. The Kier molecular flexibility index (Phi) is 2.38. The van der Waals surface area contributed by atoms with Gasteiger partial charge < -0.3 is 10.4 Å². The van der Waals surface area contributed by atoms with E-state index in [0.717, 1.165) is 6.08 Å². The molecule has 0 aliphatic carbocycles. The largest absolute Gasteiger partial charge is 0.479 e. The first-order valence-electron chi connectivity index (χ1n) is 4.73. The van der Waals surface area contributed by atoms with Crippen LogP contribution in [0.3, 0.4) is 0 Å². The Labute approximate surface area is 94.6 Å². The lowest BCUT2D eigenvalue weighted by atomic mass is 9.92. The van der Waals surface area contributed by atoms with Crippen molar-refractivity contribution in [1.29, 1.82) is 0 Å². The van der Waals surface area contributed by atoms with Gasteiger partial charge in [-0.05, 0) is 17.7 Å². The van der Waals surface area contributed by atoms with Crippen molar-refractivity contribution in [3.8, 4) is 0 Å². The molecule has 0 bridgehead atoms. The number of nitrogens with one attached hydrogen (secondary N) is 1. The molecule has 6 heteroatoms. The quantitative estimate of drug-likeness (QED) is 0.796. The van der Waals surface area contributed by atoms with Crippen LogP contribution in [0, 0.1) is 0 Å². The highest BCUT2D eigenvalue weighted by atomic mass is 19.4. The van der Waals surface area contributed by atoms with Crippen molar-refractivity contribution < 1.29 is 23.1 Å². The second-order valence-corrected chi connectivity index (χ2v) is 3.66. The first-order chi connectivity index (χ1) is 7.87. The number of benzene rings is 1. The van der Waals surface area contributed by atoms with Gasteiger partial charge in [0.2, 0.25) is 0 Å². The van der Waals surface area contributed by atoms with Gasteiger partial charge in [-0.3, -0.25) is 0 Å². The number of hydrogen-bond acceptors (Lipinski definition) is 2. The number of hydrogen-bond donors (Lipinski definition) is 2. The summed E-state index contributed by atoms with van der Waals surface area (Å²) in [7, 11) is 0. The van der Waals surface area contributed by atoms with Gasteiger partial charge >= 0.3 is 12.1 Å². The number of aliphatic carboxylic acids is 1. The summed E-state index contributed by atoms with van der Waals surface area (Å²) in [5, 5.41) is 10.9. The zero-order chi connectivity index (χ0) is 12.7. The molecule has 17 heavy (non-hydrogen) atoms. The molecule has 0 radical (unpaired) electrons. The number of fused-ring (bicyclic) bond motifs is 1. The number of alkyl halides is 3. The van der Waals surface area contributed by atoms with E-state index in [0.29, 0.717) is 11.6 Å². The fourth-order valence-electron chi connectivity index (χ4n) is 1.64. The molecule has 0 spiro atoms. The predicted octanol–water partition coefficient (Wildman–Crippen LogP) is 2.51. The third-order valence-corrected chi connectivity index (χ3v) is 2.59. The topological polar surface area (TPSA) is 49.3 Å². The zero-order valence-corrected chi connectivity index (χ0v) is 8.45. The fraction of sp³-hybridized carbons (Fsp3) is 0.182. The standard InChI is InChI=1S/C11H8F3NO2/c12-11(13,14)10(9(16)17)6-5-7-3-1-2-4-8(7)15-10/h1-6,15H,(H,16,17).